The number of rotatable bonds is 7. The maximum absolute atomic E-state index is 8.93. The second kappa shape index (κ2) is 7.38. The van der Waals surface area contributed by atoms with Crippen LogP contribution < -0.4 is 5.32 Å². The summed E-state index contributed by atoms with van der Waals surface area (Å²) in [6, 6.07) is 10.2. The number of aryl methyl sites for hydroxylation is 1. The van der Waals surface area contributed by atoms with E-state index in [4.69, 9.17) is 5.11 Å². The molecule has 4 nitrogen and oxygen atoms in total. The van der Waals surface area contributed by atoms with Crippen LogP contribution in [0.15, 0.2) is 30.3 Å². The average molecular weight is 287 g/mol. The van der Waals surface area contributed by atoms with Gasteiger partial charge in [0, 0.05) is 24.4 Å². The molecule has 1 unspecified atom stereocenters. The normalized spacial score (nSPS) is 12.6. The molecule has 0 aliphatic carbocycles. The van der Waals surface area contributed by atoms with E-state index < -0.39 is 0 Å². The van der Waals surface area contributed by atoms with E-state index in [2.05, 4.69) is 43.3 Å². The highest BCUT2D eigenvalue weighted by atomic mass is 16.3. The summed E-state index contributed by atoms with van der Waals surface area (Å²) in [5.41, 5.74) is 4.60. The third kappa shape index (κ3) is 3.93. The molecule has 0 bridgehead atoms. The van der Waals surface area contributed by atoms with Crippen LogP contribution in [0.2, 0.25) is 0 Å². The fourth-order valence-corrected chi connectivity index (χ4v) is 2.52. The number of benzene rings is 1. The Morgan fingerprint density at radius 1 is 1.24 bits per heavy atom. The molecule has 0 spiro atoms. The third-order valence-electron chi connectivity index (χ3n) is 3.86. The Labute approximate surface area is 126 Å². The van der Waals surface area contributed by atoms with Crippen LogP contribution in [-0.2, 0) is 6.54 Å². The van der Waals surface area contributed by atoms with Crippen LogP contribution in [0, 0.1) is 19.8 Å². The number of aromatic nitrogens is 2. The van der Waals surface area contributed by atoms with Crippen molar-refractivity contribution in [3.63, 3.8) is 0 Å². The zero-order valence-electron chi connectivity index (χ0n) is 13.1. The Morgan fingerprint density at radius 3 is 2.62 bits per heavy atom. The van der Waals surface area contributed by atoms with Gasteiger partial charge in [0.15, 0.2) is 0 Å². The Morgan fingerprint density at radius 2 is 1.95 bits per heavy atom. The van der Waals surface area contributed by atoms with Crippen LogP contribution in [0.25, 0.3) is 5.69 Å². The van der Waals surface area contributed by atoms with E-state index in [9.17, 15) is 0 Å². The Kier molecular flexibility index (Phi) is 5.53. The number of nitrogens with one attached hydrogen (secondary N) is 1. The number of aliphatic hydroxyl groups excluding tert-OH is 1. The predicted molar refractivity (Wildman–Crippen MR) is 85.6 cm³/mol. The summed E-state index contributed by atoms with van der Waals surface area (Å²) < 4.78 is 2.00. The fraction of sp³-hybridized carbons (Fsp3) is 0.471. The zero-order valence-corrected chi connectivity index (χ0v) is 13.1. The lowest BCUT2D eigenvalue weighted by Gasteiger charge is -2.11. The summed E-state index contributed by atoms with van der Waals surface area (Å²) >= 11 is 0. The topological polar surface area (TPSA) is 50.1 Å². The van der Waals surface area contributed by atoms with Crippen LogP contribution in [0.4, 0.5) is 0 Å². The number of hydrogen-bond acceptors (Lipinski definition) is 3. The molecule has 21 heavy (non-hydrogen) atoms. The molecule has 2 aromatic rings. The molecular formula is C17H25N3O. The van der Waals surface area contributed by atoms with E-state index in [0.717, 1.165) is 30.9 Å². The number of para-hydroxylation sites is 1. The number of nitrogens with zero attached hydrogens (tertiary/aromatic N) is 2. The minimum absolute atomic E-state index is 0.257. The number of aliphatic hydroxyl groups is 1. The van der Waals surface area contributed by atoms with Crippen molar-refractivity contribution in [2.45, 2.75) is 33.7 Å². The summed E-state index contributed by atoms with van der Waals surface area (Å²) in [7, 11) is 0. The van der Waals surface area contributed by atoms with Gasteiger partial charge in [-0.3, -0.25) is 0 Å². The second-order valence-corrected chi connectivity index (χ2v) is 5.65. The van der Waals surface area contributed by atoms with Crippen LogP contribution in [0.3, 0.4) is 0 Å². The van der Waals surface area contributed by atoms with E-state index in [-0.39, 0.29) is 6.61 Å². The Hall–Kier alpha value is -1.65. The lowest BCUT2D eigenvalue weighted by Crippen LogP contribution is -2.22. The van der Waals surface area contributed by atoms with Crippen molar-refractivity contribution in [2.24, 2.45) is 5.92 Å². The van der Waals surface area contributed by atoms with Gasteiger partial charge in [-0.2, -0.15) is 5.10 Å². The second-order valence-electron chi connectivity index (χ2n) is 5.65. The summed E-state index contributed by atoms with van der Waals surface area (Å²) in [6.45, 7) is 8.31. The smallest absolute Gasteiger partial charge is 0.0648 e. The first-order valence-corrected chi connectivity index (χ1v) is 7.55. The largest absolute Gasteiger partial charge is 0.396 e. The molecular weight excluding hydrogens is 262 g/mol. The van der Waals surface area contributed by atoms with Crippen molar-refractivity contribution in [2.75, 3.05) is 13.2 Å². The first-order valence-electron chi connectivity index (χ1n) is 7.55. The molecule has 0 aliphatic heterocycles. The monoisotopic (exact) mass is 287 g/mol. The molecule has 0 amide bonds. The zero-order chi connectivity index (χ0) is 15.2. The van der Waals surface area contributed by atoms with E-state index in [1.807, 2.05) is 22.9 Å². The van der Waals surface area contributed by atoms with E-state index in [1.165, 1.54) is 11.3 Å². The minimum Gasteiger partial charge on any atom is -0.396 e. The SMILES string of the molecule is Cc1nn(-c2ccccc2)c(C)c1CNCC(C)CCO. The quantitative estimate of drug-likeness (QED) is 0.823. The molecule has 0 saturated heterocycles. The highest BCUT2D eigenvalue weighted by Crippen LogP contribution is 2.17. The van der Waals surface area contributed by atoms with Gasteiger partial charge in [0.2, 0.25) is 0 Å². The molecule has 2 N–H and O–H groups in total. The van der Waals surface area contributed by atoms with Gasteiger partial charge >= 0.3 is 0 Å². The predicted octanol–water partition coefficient (Wildman–Crippen LogP) is 2.60. The van der Waals surface area contributed by atoms with E-state index in [1.54, 1.807) is 0 Å². The van der Waals surface area contributed by atoms with E-state index in [0.29, 0.717) is 5.92 Å². The first-order chi connectivity index (χ1) is 10.1. The standard InChI is InChI=1S/C17H25N3O/c1-13(9-10-21)11-18-12-17-14(2)19-20(15(17)3)16-7-5-4-6-8-16/h4-8,13,18,21H,9-12H2,1-3H3. The van der Waals surface area contributed by atoms with Gasteiger partial charge in [0.1, 0.15) is 0 Å². The first kappa shape index (κ1) is 15.7. The van der Waals surface area contributed by atoms with Crippen molar-refractivity contribution in [1.29, 1.82) is 0 Å². The lowest BCUT2D eigenvalue weighted by atomic mass is 10.1. The summed E-state index contributed by atoms with van der Waals surface area (Å²) in [6.07, 6.45) is 0.842. The fourth-order valence-electron chi connectivity index (χ4n) is 2.52. The highest BCUT2D eigenvalue weighted by molar-refractivity contribution is 5.36. The molecule has 0 radical (unpaired) electrons. The third-order valence-corrected chi connectivity index (χ3v) is 3.86. The van der Waals surface area contributed by atoms with Crippen LogP contribution in [0.1, 0.15) is 30.3 Å². The number of hydrogen-bond donors (Lipinski definition) is 2. The van der Waals surface area contributed by atoms with Crippen LogP contribution in [0.5, 0.6) is 0 Å². The summed E-state index contributed by atoms with van der Waals surface area (Å²) in [5.74, 6) is 0.486. The molecule has 1 atom stereocenters. The van der Waals surface area contributed by atoms with E-state index >= 15 is 0 Å². The van der Waals surface area contributed by atoms with Crippen molar-refractivity contribution < 1.29 is 5.11 Å². The van der Waals surface area contributed by atoms with Crippen molar-refractivity contribution in [3.8, 4) is 5.69 Å². The Bertz CT molecular complexity index is 563. The summed E-state index contributed by atoms with van der Waals surface area (Å²) in [4.78, 5) is 0. The van der Waals surface area contributed by atoms with Gasteiger partial charge in [-0.25, -0.2) is 4.68 Å². The Balaban J connectivity index is 2.06. The molecule has 0 aliphatic rings. The molecule has 0 saturated carbocycles. The molecule has 1 aromatic carbocycles. The van der Waals surface area contributed by atoms with Crippen molar-refractivity contribution >= 4 is 0 Å². The molecule has 114 valence electrons. The van der Waals surface area contributed by atoms with Gasteiger partial charge in [-0.05, 0) is 44.9 Å². The van der Waals surface area contributed by atoms with Gasteiger partial charge in [0.05, 0.1) is 11.4 Å². The molecule has 1 aromatic heterocycles. The minimum atomic E-state index is 0.257. The maximum atomic E-state index is 8.93. The molecule has 0 fully saturated rings. The maximum Gasteiger partial charge on any atom is 0.0648 e. The van der Waals surface area contributed by atoms with Crippen molar-refractivity contribution in [1.82, 2.24) is 15.1 Å². The van der Waals surface area contributed by atoms with Crippen molar-refractivity contribution in [3.05, 3.63) is 47.3 Å². The highest BCUT2D eigenvalue weighted by Gasteiger charge is 2.12. The lowest BCUT2D eigenvalue weighted by molar-refractivity contribution is 0.260. The molecule has 2 rings (SSSR count). The molecule has 1 heterocycles. The average Bonchev–Trinajstić information content (AvgIpc) is 2.76. The van der Waals surface area contributed by atoms with Gasteiger partial charge < -0.3 is 10.4 Å². The summed E-state index contributed by atoms with van der Waals surface area (Å²) in [5, 5.41) is 17.0. The van der Waals surface area contributed by atoms with Gasteiger partial charge in [-0.15, -0.1) is 0 Å². The van der Waals surface area contributed by atoms with Crippen LogP contribution >= 0.6 is 0 Å². The van der Waals surface area contributed by atoms with Gasteiger partial charge in [-0.1, -0.05) is 25.1 Å². The van der Waals surface area contributed by atoms with Crippen LogP contribution in [-0.4, -0.2) is 28.0 Å². The van der Waals surface area contributed by atoms with Gasteiger partial charge in [0.25, 0.3) is 0 Å². The molecule has 4 heteroatoms.